The van der Waals surface area contributed by atoms with Crippen molar-refractivity contribution in [3.63, 3.8) is 0 Å². The van der Waals surface area contributed by atoms with Crippen molar-refractivity contribution in [3.05, 3.63) is 41.1 Å². The van der Waals surface area contributed by atoms with Gasteiger partial charge in [-0.2, -0.15) is 13.2 Å². The maximum atomic E-state index is 12.7. The van der Waals surface area contributed by atoms with Crippen LogP contribution in [0.3, 0.4) is 0 Å². The second kappa shape index (κ2) is 8.31. The van der Waals surface area contributed by atoms with E-state index in [1.165, 1.54) is 23.4 Å². The zero-order valence-corrected chi connectivity index (χ0v) is 15.1. The second-order valence-corrected chi connectivity index (χ2v) is 6.74. The van der Waals surface area contributed by atoms with Crippen LogP contribution in [0.2, 0.25) is 0 Å². The van der Waals surface area contributed by atoms with Gasteiger partial charge < -0.3 is 10.2 Å². The van der Waals surface area contributed by atoms with Gasteiger partial charge in [-0.3, -0.25) is 9.91 Å². The maximum absolute atomic E-state index is 12.7. The van der Waals surface area contributed by atoms with Crippen molar-refractivity contribution in [3.8, 4) is 0 Å². The lowest BCUT2D eigenvalue weighted by atomic mass is 10.1. The van der Waals surface area contributed by atoms with Crippen LogP contribution >= 0.6 is 0 Å². The summed E-state index contributed by atoms with van der Waals surface area (Å²) in [7, 11) is 0. The van der Waals surface area contributed by atoms with Crippen LogP contribution in [0.1, 0.15) is 31.7 Å². The third-order valence-electron chi connectivity index (χ3n) is 4.98. The molecule has 1 fully saturated rings. The van der Waals surface area contributed by atoms with Gasteiger partial charge in [0.1, 0.15) is 0 Å². The van der Waals surface area contributed by atoms with Crippen molar-refractivity contribution in [2.24, 2.45) is 0 Å². The van der Waals surface area contributed by atoms with Crippen molar-refractivity contribution in [1.29, 1.82) is 0 Å². The van der Waals surface area contributed by atoms with Crippen LogP contribution < -0.4 is 10.4 Å². The minimum absolute atomic E-state index is 0.616. The van der Waals surface area contributed by atoms with E-state index in [9.17, 15) is 13.2 Å². The van der Waals surface area contributed by atoms with Gasteiger partial charge in [0, 0.05) is 18.8 Å². The van der Waals surface area contributed by atoms with Crippen molar-refractivity contribution in [1.82, 2.24) is 10.3 Å². The maximum Gasteiger partial charge on any atom is 0.416 e. The summed E-state index contributed by atoms with van der Waals surface area (Å²) in [5, 5.41) is 1.93. The molecule has 144 valence electrons. The number of nitrogens with one attached hydrogen (secondary N) is 1. The molecule has 1 aromatic rings. The molecule has 26 heavy (non-hydrogen) atoms. The van der Waals surface area contributed by atoms with E-state index in [1.807, 2.05) is 5.01 Å². The van der Waals surface area contributed by atoms with Gasteiger partial charge in [-0.1, -0.05) is 6.92 Å². The molecule has 2 aliphatic heterocycles. The minimum atomic E-state index is -4.30. The first-order chi connectivity index (χ1) is 12.5. The summed E-state index contributed by atoms with van der Waals surface area (Å²) in [5.41, 5.74) is 6.07. The van der Waals surface area contributed by atoms with E-state index in [4.69, 9.17) is 4.74 Å². The van der Waals surface area contributed by atoms with E-state index < -0.39 is 11.7 Å². The molecule has 0 aliphatic carbocycles. The van der Waals surface area contributed by atoms with E-state index in [0.29, 0.717) is 0 Å². The molecule has 0 amide bonds. The number of benzene rings is 1. The number of nitrogens with zero attached hydrogens (tertiary/aromatic N) is 2. The first-order valence-electron chi connectivity index (χ1n) is 9.20. The third kappa shape index (κ3) is 4.71. The summed E-state index contributed by atoms with van der Waals surface area (Å²) in [6, 6.07) is 5.33. The monoisotopic (exact) mass is 369 g/mol. The summed E-state index contributed by atoms with van der Waals surface area (Å²) in [6.07, 6.45) is -1.34. The van der Waals surface area contributed by atoms with Gasteiger partial charge in [0.2, 0.25) is 0 Å². The molecule has 0 aromatic heterocycles. The van der Waals surface area contributed by atoms with Gasteiger partial charge >= 0.3 is 6.18 Å². The lowest BCUT2D eigenvalue weighted by Crippen LogP contribution is -2.37. The molecule has 7 heteroatoms. The number of rotatable bonds is 6. The van der Waals surface area contributed by atoms with Gasteiger partial charge in [0.05, 0.1) is 31.0 Å². The van der Waals surface area contributed by atoms with Gasteiger partial charge in [0.15, 0.2) is 0 Å². The number of allylic oxidation sites excluding steroid dienone is 1. The molecule has 2 heterocycles. The summed E-state index contributed by atoms with van der Waals surface area (Å²) < 4.78 is 43.5. The Morgan fingerprint density at radius 1 is 1.12 bits per heavy atom. The van der Waals surface area contributed by atoms with Crippen molar-refractivity contribution < 1.29 is 17.9 Å². The van der Waals surface area contributed by atoms with Crippen LogP contribution in [-0.4, -0.2) is 44.3 Å². The summed E-state index contributed by atoms with van der Waals surface area (Å²) in [5.74, 6) is 0. The highest BCUT2D eigenvalue weighted by atomic mass is 19.4. The quantitative estimate of drug-likeness (QED) is 0.825. The second-order valence-electron chi connectivity index (χ2n) is 6.74. The van der Waals surface area contributed by atoms with Gasteiger partial charge in [-0.15, -0.1) is 0 Å². The van der Waals surface area contributed by atoms with E-state index in [2.05, 4.69) is 17.2 Å². The van der Waals surface area contributed by atoms with Crippen molar-refractivity contribution in [2.45, 2.75) is 32.4 Å². The fourth-order valence-corrected chi connectivity index (χ4v) is 3.42. The molecule has 1 N–H and O–H groups in total. The number of anilines is 1. The molecule has 0 bridgehead atoms. The Hall–Kier alpha value is -1.73. The van der Waals surface area contributed by atoms with Gasteiger partial charge in [-0.05, 0) is 55.6 Å². The minimum Gasteiger partial charge on any atom is -0.379 e. The third-order valence-corrected chi connectivity index (χ3v) is 4.98. The Labute approximate surface area is 152 Å². The highest BCUT2D eigenvalue weighted by Crippen LogP contribution is 2.31. The molecule has 0 atom stereocenters. The largest absolute Gasteiger partial charge is 0.416 e. The number of hydrazine groups is 1. The lowest BCUT2D eigenvalue weighted by Gasteiger charge is -2.26. The molecule has 0 spiro atoms. The molecule has 0 saturated carbocycles. The number of hydrogen-bond acceptors (Lipinski definition) is 4. The van der Waals surface area contributed by atoms with Crippen LogP contribution in [0.15, 0.2) is 35.5 Å². The van der Waals surface area contributed by atoms with Crippen LogP contribution in [-0.2, 0) is 10.9 Å². The summed E-state index contributed by atoms with van der Waals surface area (Å²) in [4.78, 5) is 2.41. The first kappa shape index (κ1) is 19.0. The average Bonchev–Trinajstić information content (AvgIpc) is 3.05. The molecule has 4 nitrogen and oxygen atoms in total. The van der Waals surface area contributed by atoms with Gasteiger partial charge in [-0.25, -0.2) is 0 Å². The Morgan fingerprint density at radius 2 is 1.81 bits per heavy atom. The highest BCUT2D eigenvalue weighted by Gasteiger charge is 2.30. The standard InChI is InChI=1S/C19H26F3N3O/c1-2-15-14-25(17-7-5-16(6-8-17)19(20,21)22)23-18(15)4-3-9-24-10-12-26-13-11-24/h5-8,23H,2-4,9-14H2,1H3. The fourth-order valence-electron chi connectivity index (χ4n) is 3.42. The molecule has 1 saturated heterocycles. The Balaban J connectivity index is 1.55. The molecular formula is C19H26F3N3O. The normalized spacial score (nSPS) is 19.2. The zero-order valence-electron chi connectivity index (χ0n) is 15.1. The topological polar surface area (TPSA) is 27.7 Å². The summed E-state index contributed by atoms with van der Waals surface area (Å²) >= 11 is 0. The average molecular weight is 369 g/mol. The number of halogens is 3. The molecular weight excluding hydrogens is 343 g/mol. The van der Waals surface area contributed by atoms with E-state index >= 15 is 0 Å². The molecule has 1 aromatic carbocycles. The van der Waals surface area contributed by atoms with Crippen LogP contribution in [0.4, 0.5) is 18.9 Å². The molecule has 0 unspecified atom stereocenters. The Morgan fingerprint density at radius 3 is 2.42 bits per heavy atom. The Kier molecular flexibility index (Phi) is 6.09. The Bertz CT molecular complexity index is 622. The van der Waals surface area contributed by atoms with E-state index in [-0.39, 0.29) is 0 Å². The van der Waals surface area contributed by atoms with Crippen LogP contribution in [0.5, 0.6) is 0 Å². The lowest BCUT2D eigenvalue weighted by molar-refractivity contribution is -0.137. The smallest absolute Gasteiger partial charge is 0.379 e. The zero-order chi connectivity index (χ0) is 18.6. The first-order valence-corrected chi connectivity index (χ1v) is 9.20. The number of hydrogen-bond donors (Lipinski definition) is 1. The predicted octanol–water partition coefficient (Wildman–Crippen LogP) is 3.81. The number of alkyl halides is 3. The fraction of sp³-hybridized carbons (Fsp3) is 0.579. The van der Waals surface area contributed by atoms with E-state index in [0.717, 1.165) is 76.5 Å². The molecule has 3 rings (SSSR count). The number of ether oxygens (including phenoxy) is 1. The van der Waals surface area contributed by atoms with Crippen molar-refractivity contribution in [2.75, 3.05) is 44.4 Å². The van der Waals surface area contributed by atoms with Gasteiger partial charge in [0.25, 0.3) is 0 Å². The van der Waals surface area contributed by atoms with E-state index in [1.54, 1.807) is 0 Å². The molecule has 2 aliphatic rings. The SMILES string of the molecule is CCC1=C(CCCN2CCOCC2)NN(c2ccc(C(F)(F)F)cc2)C1. The predicted molar refractivity (Wildman–Crippen MR) is 95.7 cm³/mol. The van der Waals surface area contributed by atoms with Crippen LogP contribution in [0.25, 0.3) is 0 Å². The summed E-state index contributed by atoms with van der Waals surface area (Å²) in [6.45, 7) is 7.48. The van der Waals surface area contributed by atoms with Crippen molar-refractivity contribution >= 4 is 5.69 Å². The highest BCUT2D eigenvalue weighted by molar-refractivity contribution is 5.51. The molecule has 0 radical (unpaired) electrons. The van der Waals surface area contributed by atoms with Crippen LogP contribution in [0, 0.1) is 0 Å². The number of morpholine rings is 1.